The van der Waals surface area contributed by atoms with Gasteiger partial charge in [-0.1, -0.05) is 6.42 Å². The molecular weight excluding hydrogens is 251 g/mol. The lowest BCUT2D eigenvalue weighted by molar-refractivity contribution is -0.135. The minimum Gasteiger partial charge on any atom is -0.311 e. The first-order chi connectivity index (χ1) is 8.85. The molecule has 0 amide bonds. The maximum atomic E-state index is 12.1. The molecule has 0 aromatic heterocycles. The second kappa shape index (κ2) is 6.02. The number of hydrogen-bond acceptors (Lipinski definition) is 1. The second-order valence-electron chi connectivity index (χ2n) is 6.70. The molecule has 19 heavy (non-hydrogen) atoms. The lowest BCUT2D eigenvalue weighted by Crippen LogP contribution is -2.41. The van der Waals surface area contributed by atoms with E-state index >= 15 is 0 Å². The summed E-state index contributed by atoms with van der Waals surface area (Å²) in [7, 11) is 0. The van der Waals surface area contributed by atoms with Crippen LogP contribution in [-0.4, -0.2) is 18.3 Å². The Morgan fingerprint density at radius 3 is 2.42 bits per heavy atom. The van der Waals surface area contributed by atoms with Crippen molar-refractivity contribution in [3.05, 3.63) is 0 Å². The number of rotatable bonds is 6. The maximum Gasteiger partial charge on any atom is 0.389 e. The van der Waals surface area contributed by atoms with E-state index in [1.807, 2.05) is 6.92 Å². The molecule has 2 aliphatic carbocycles. The van der Waals surface area contributed by atoms with Gasteiger partial charge in [0.05, 0.1) is 0 Å². The Balaban J connectivity index is 1.66. The molecule has 0 saturated heterocycles. The van der Waals surface area contributed by atoms with Crippen molar-refractivity contribution in [1.82, 2.24) is 5.32 Å². The van der Waals surface area contributed by atoms with Crippen molar-refractivity contribution >= 4 is 0 Å². The molecule has 4 heteroatoms. The molecule has 2 fully saturated rings. The summed E-state index contributed by atoms with van der Waals surface area (Å²) in [6.07, 6.45) is 1.68. The Morgan fingerprint density at radius 1 is 1.16 bits per heavy atom. The summed E-state index contributed by atoms with van der Waals surface area (Å²) in [6.45, 7) is 4.23. The molecule has 1 N–H and O–H groups in total. The van der Waals surface area contributed by atoms with Crippen LogP contribution in [0.5, 0.6) is 0 Å². The Hall–Kier alpha value is -0.250. The topological polar surface area (TPSA) is 12.0 Å². The average molecular weight is 277 g/mol. The Morgan fingerprint density at radius 2 is 1.89 bits per heavy atom. The number of alkyl halides is 3. The van der Waals surface area contributed by atoms with Crippen molar-refractivity contribution < 1.29 is 13.2 Å². The minimum atomic E-state index is -4.00. The van der Waals surface area contributed by atoms with Gasteiger partial charge in [-0.15, -0.1) is 0 Å². The number of halogens is 3. The summed E-state index contributed by atoms with van der Waals surface area (Å²) in [5, 5.41) is 3.53. The summed E-state index contributed by atoms with van der Waals surface area (Å²) in [5.74, 6) is 2.55. The fraction of sp³-hybridized carbons (Fsp3) is 1.00. The molecule has 2 aliphatic rings. The van der Waals surface area contributed by atoms with Crippen LogP contribution in [-0.2, 0) is 0 Å². The van der Waals surface area contributed by atoms with Crippen LogP contribution in [0.1, 0.15) is 58.8 Å². The van der Waals surface area contributed by atoms with Gasteiger partial charge in [0.25, 0.3) is 0 Å². The zero-order chi connectivity index (χ0) is 14.0. The molecule has 0 aliphatic heterocycles. The molecule has 5 atom stereocenters. The van der Waals surface area contributed by atoms with Crippen LogP contribution < -0.4 is 5.32 Å². The SMILES string of the molecule is CC(CCCC(F)(F)F)NC(C)C1CC2CCC1C2. The van der Waals surface area contributed by atoms with E-state index in [0.29, 0.717) is 12.5 Å². The highest BCUT2D eigenvalue weighted by Gasteiger charge is 2.41. The van der Waals surface area contributed by atoms with E-state index in [9.17, 15) is 13.2 Å². The van der Waals surface area contributed by atoms with Gasteiger partial charge in [0.2, 0.25) is 0 Å². The Labute approximate surface area is 114 Å². The molecule has 1 nitrogen and oxygen atoms in total. The standard InChI is InChI=1S/C15H26F3N/c1-10(4-3-7-15(16,17)18)19-11(2)14-9-12-5-6-13(14)8-12/h10-14,19H,3-9H2,1-2H3. The van der Waals surface area contributed by atoms with Gasteiger partial charge in [-0.05, 0) is 63.7 Å². The maximum absolute atomic E-state index is 12.1. The monoisotopic (exact) mass is 277 g/mol. The van der Waals surface area contributed by atoms with E-state index in [2.05, 4.69) is 12.2 Å². The first-order valence-corrected chi connectivity index (χ1v) is 7.68. The molecule has 0 aromatic carbocycles. The molecule has 0 aromatic rings. The van der Waals surface area contributed by atoms with E-state index in [1.54, 1.807) is 0 Å². The van der Waals surface area contributed by atoms with Gasteiger partial charge in [-0.3, -0.25) is 0 Å². The van der Waals surface area contributed by atoms with Crippen molar-refractivity contribution in [3.63, 3.8) is 0 Å². The van der Waals surface area contributed by atoms with Crippen LogP contribution in [0.25, 0.3) is 0 Å². The highest BCUT2D eigenvalue weighted by Crippen LogP contribution is 2.49. The predicted octanol–water partition coefficient (Wildman–Crippen LogP) is 4.52. The van der Waals surface area contributed by atoms with Gasteiger partial charge in [-0.2, -0.15) is 13.2 Å². The van der Waals surface area contributed by atoms with Gasteiger partial charge < -0.3 is 5.32 Å². The molecule has 0 radical (unpaired) electrons. The fourth-order valence-electron chi connectivity index (χ4n) is 4.17. The third kappa shape index (κ3) is 4.37. The van der Waals surface area contributed by atoms with Crippen LogP contribution in [0.4, 0.5) is 13.2 Å². The third-order valence-electron chi connectivity index (χ3n) is 5.08. The molecule has 2 bridgehead atoms. The molecular formula is C15H26F3N. The van der Waals surface area contributed by atoms with Crippen molar-refractivity contribution in [2.45, 2.75) is 77.1 Å². The summed E-state index contributed by atoms with van der Waals surface area (Å²) >= 11 is 0. The van der Waals surface area contributed by atoms with Gasteiger partial charge in [0.15, 0.2) is 0 Å². The summed E-state index contributed by atoms with van der Waals surface area (Å²) in [6, 6.07) is 0.646. The van der Waals surface area contributed by atoms with Crippen molar-refractivity contribution in [2.75, 3.05) is 0 Å². The van der Waals surface area contributed by atoms with E-state index in [1.165, 1.54) is 25.7 Å². The summed E-state index contributed by atoms with van der Waals surface area (Å²) in [4.78, 5) is 0. The van der Waals surface area contributed by atoms with E-state index in [4.69, 9.17) is 0 Å². The lowest BCUT2D eigenvalue weighted by atomic mass is 9.83. The summed E-state index contributed by atoms with van der Waals surface area (Å²) in [5.41, 5.74) is 0. The van der Waals surface area contributed by atoms with Crippen LogP contribution in [0.2, 0.25) is 0 Å². The van der Waals surface area contributed by atoms with E-state index in [0.717, 1.165) is 17.8 Å². The van der Waals surface area contributed by atoms with Gasteiger partial charge >= 0.3 is 6.18 Å². The fourth-order valence-corrected chi connectivity index (χ4v) is 4.17. The highest BCUT2D eigenvalue weighted by atomic mass is 19.4. The molecule has 5 unspecified atom stereocenters. The molecule has 2 saturated carbocycles. The van der Waals surface area contributed by atoms with Crippen molar-refractivity contribution in [1.29, 1.82) is 0 Å². The van der Waals surface area contributed by atoms with Crippen LogP contribution in [0, 0.1) is 17.8 Å². The Kier molecular flexibility index (Phi) is 4.80. The van der Waals surface area contributed by atoms with Crippen LogP contribution in [0.15, 0.2) is 0 Å². The Bertz CT molecular complexity index is 290. The summed E-state index contributed by atoms with van der Waals surface area (Å²) < 4.78 is 36.3. The normalized spacial score (nSPS) is 33.6. The van der Waals surface area contributed by atoms with Crippen LogP contribution in [0.3, 0.4) is 0 Å². The highest BCUT2D eigenvalue weighted by molar-refractivity contribution is 4.94. The van der Waals surface area contributed by atoms with E-state index < -0.39 is 12.6 Å². The number of fused-ring (bicyclic) bond motifs is 2. The predicted molar refractivity (Wildman–Crippen MR) is 70.9 cm³/mol. The van der Waals surface area contributed by atoms with Gasteiger partial charge in [0, 0.05) is 18.5 Å². The smallest absolute Gasteiger partial charge is 0.311 e. The average Bonchev–Trinajstić information content (AvgIpc) is 2.88. The third-order valence-corrected chi connectivity index (χ3v) is 5.08. The lowest BCUT2D eigenvalue weighted by Gasteiger charge is -2.31. The van der Waals surface area contributed by atoms with Crippen molar-refractivity contribution in [3.8, 4) is 0 Å². The first-order valence-electron chi connectivity index (χ1n) is 7.68. The number of hydrogen-bond donors (Lipinski definition) is 1. The largest absolute Gasteiger partial charge is 0.389 e. The molecule has 2 rings (SSSR count). The minimum absolute atomic E-state index is 0.191. The van der Waals surface area contributed by atoms with E-state index in [-0.39, 0.29) is 12.5 Å². The van der Waals surface area contributed by atoms with Crippen molar-refractivity contribution in [2.24, 2.45) is 17.8 Å². The molecule has 112 valence electrons. The second-order valence-corrected chi connectivity index (χ2v) is 6.70. The van der Waals surface area contributed by atoms with Gasteiger partial charge in [-0.25, -0.2) is 0 Å². The quantitative estimate of drug-likeness (QED) is 0.752. The van der Waals surface area contributed by atoms with Gasteiger partial charge in [0.1, 0.15) is 0 Å². The van der Waals surface area contributed by atoms with Crippen LogP contribution >= 0.6 is 0 Å². The zero-order valence-corrected chi connectivity index (χ0v) is 12.0. The number of nitrogens with one attached hydrogen (secondary N) is 1. The molecule has 0 heterocycles. The zero-order valence-electron chi connectivity index (χ0n) is 12.0. The molecule has 0 spiro atoms. The first kappa shape index (κ1) is 15.1.